The molecule has 3 amide bonds. The van der Waals surface area contributed by atoms with Gasteiger partial charge in [-0.3, -0.25) is 4.79 Å². The highest BCUT2D eigenvalue weighted by atomic mass is 32.2. The summed E-state index contributed by atoms with van der Waals surface area (Å²) in [6.07, 6.45) is -0.154. The standard InChI is InChI=1S/C36H39N3O5S/c1-3-37-36(42)38-21-26-6-4-7-28(18-26)29-8-5-9-30(19-29)35-43-32(20-34(44-35)27-12-10-25(22-40)11-13-27)23-45-33-16-14-31(15-17-33)39-24(2)41/h4-19,32,34-35,40H,3,20-23H2,1-2H3,(H,39,41)(H2,37,38,42). The van der Waals surface area contributed by atoms with Crippen molar-refractivity contribution in [1.29, 1.82) is 0 Å². The SMILES string of the molecule is CCNC(=O)NCc1cccc(-c2cccc(C3OC(CSc4ccc(NC(C)=O)cc4)CC(c4ccc(CO)cc4)O3)c2)c1. The second-order valence-electron chi connectivity index (χ2n) is 10.9. The number of hydrogen-bond acceptors (Lipinski definition) is 6. The maximum absolute atomic E-state index is 11.9. The molecule has 4 N–H and O–H groups in total. The zero-order chi connectivity index (χ0) is 31.6. The quantitative estimate of drug-likeness (QED) is 0.134. The van der Waals surface area contributed by atoms with Gasteiger partial charge >= 0.3 is 6.03 Å². The molecule has 4 aromatic carbocycles. The third-order valence-corrected chi connectivity index (χ3v) is 8.58. The number of benzene rings is 4. The number of aliphatic hydroxyl groups excluding tert-OH is 1. The summed E-state index contributed by atoms with van der Waals surface area (Å²) in [7, 11) is 0. The normalized spacial score (nSPS) is 17.8. The van der Waals surface area contributed by atoms with Gasteiger partial charge in [0.1, 0.15) is 0 Å². The monoisotopic (exact) mass is 625 g/mol. The highest BCUT2D eigenvalue weighted by Gasteiger charge is 2.32. The van der Waals surface area contributed by atoms with E-state index in [2.05, 4.69) is 40.2 Å². The van der Waals surface area contributed by atoms with E-state index >= 15 is 0 Å². The number of nitrogens with one attached hydrogen (secondary N) is 3. The first-order valence-electron chi connectivity index (χ1n) is 15.1. The van der Waals surface area contributed by atoms with E-state index in [-0.39, 0.29) is 30.8 Å². The summed E-state index contributed by atoms with van der Waals surface area (Å²) in [4.78, 5) is 24.3. The predicted molar refractivity (Wildman–Crippen MR) is 178 cm³/mol. The Labute approximate surface area is 268 Å². The number of amides is 3. The van der Waals surface area contributed by atoms with Gasteiger partial charge in [-0.1, -0.05) is 60.7 Å². The topological polar surface area (TPSA) is 109 Å². The number of urea groups is 1. The van der Waals surface area contributed by atoms with Crippen molar-refractivity contribution in [3.05, 3.63) is 119 Å². The maximum atomic E-state index is 11.9. The summed E-state index contributed by atoms with van der Waals surface area (Å²) in [6.45, 7) is 4.38. The van der Waals surface area contributed by atoms with Gasteiger partial charge in [-0.05, 0) is 71.1 Å². The molecular weight excluding hydrogens is 586 g/mol. The number of hydrogen-bond donors (Lipinski definition) is 4. The molecule has 45 heavy (non-hydrogen) atoms. The molecular formula is C36H39N3O5S. The molecule has 0 bridgehead atoms. The van der Waals surface area contributed by atoms with Crippen LogP contribution in [0.4, 0.5) is 10.5 Å². The smallest absolute Gasteiger partial charge is 0.315 e. The molecule has 0 spiro atoms. The fourth-order valence-electron chi connectivity index (χ4n) is 5.18. The van der Waals surface area contributed by atoms with Crippen molar-refractivity contribution in [2.45, 2.75) is 56.8 Å². The van der Waals surface area contributed by atoms with Crippen molar-refractivity contribution >= 4 is 29.4 Å². The number of aliphatic hydroxyl groups is 1. The number of thioether (sulfide) groups is 1. The van der Waals surface area contributed by atoms with Crippen molar-refractivity contribution in [3.8, 4) is 11.1 Å². The Morgan fingerprint density at radius 1 is 0.844 bits per heavy atom. The highest BCUT2D eigenvalue weighted by molar-refractivity contribution is 7.99. The van der Waals surface area contributed by atoms with Crippen LogP contribution in [0, 0.1) is 0 Å². The predicted octanol–water partition coefficient (Wildman–Crippen LogP) is 6.96. The highest BCUT2D eigenvalue weighted by Crippen LogP contribution is 2.40. The molecule has 5 rings (SSSR count). The van der Waals surface area contributed by atoms with Gasteiger partial charge in [0, 0.05) is 48.3 Å². The summed E-state index contributed by atoms with van der Waals surface area (Å²) in [5.74, 6) is 0.630. The van der Waals surface area contributed by atoms with Crippen LogP contribution in [0.1, 0.15) is 54.9 Å². The Morgan fingerprint density at radius 2 is 1.58 bits per heavy atom. The number of rotatable bonds is 11. The van der Waals surface area contributed by atoms with Crippen LogP contribution in [-0.2, 0) is 27.4 Å². The molecule has 1 aliphatic rings. The molecule has 3 unspecified atom stereocenters. The van der Waals surface area contributed by atoms with Crippen LogP contribution in [-0.4, -0.2) is 35.4 Å². The Kier molecular flexibility index (Phi) is 11.3. The molecule has 8 nitrogen and oxygen atoms in total. The number of carbonyl (C=O) groups excluding carboxylic acids is 2. The van der Waals surface area contributed by atoms with E-state index in [1.165, 1.54) is 6.92 Å². The molecule has 1 fully saturated rings. The van der Waals surface area contributed by atoms with Crippen molar-refractivity contribution in [1.82, 2.24) is 10.6 Å². The summed E-state index contributed by atoms with van der Waals surface area (Å²) >= 11 is 1.71. The Hall–Kier alpha value is -4.15. The molecule has 0 aliphatic carbocycles. The van der Waals surface area contributed by atoms with E-state index in [0.29, 0.717) is 19.5 Å². The van der Waals surface area contributed by atoms with Crippen LogP contribution in [0.3, 0.4) is 0 Å². The fraction of sp³-hybridized carbons (Fsp3) is 0.278. The van der Waals surface area contributed by atoms with Crippen molar-refractivity contribution in [2.24, 2.45) is 0 Å². The average Bonchev–Trinajstić information content (AvgIpc) is 3.07. The summed E-state index contributed by atoms with van der Waals surface area (Å²) in [6, 6.07) is 31.8. The molecule has 0 aromatic heterocycles. The zero-order valence-electron chi connectivity index (χ0n) is 25.5. The third kappa shape index (κ3) is 9.18. The van der Waals surface area contributed by atoms with Crippen molar-refractivity contribution in [3.63, 3.8) is 0 Å². The van der Waals surface area contributed by atoms with Crippen LogP contribution in [0.2, 0.25) is 0 Å². The minimum Gasteiger partial charge on any atom is -0.392 e. The molecule has 1 heterocycles. The molecule has 9 heteroatoms. The molecule has 234 valence electrons. The molecule has 4 aromatic rings. The van der Waals surface area contributed by atoms with E-state index in [9.17, 15) is 14.7 Å². The Morgan fingerprint density at radius 3 is 2.29 bits per heavy atom. The van der Waals surface area contributed by atoms with Gasteiger partial charge in [0.2, 0.25) is 5.91 Å². The summed E-state index contributed by atoms with van der Waals surface area (Å²) in [5, 5.41) is 18.0. The average molecular weight is 626 g/mol. The van der Waals surface area contributed by atoms with Crippen LogP contribution in [0.25, 0.3) is 11.1 Å². The van der Waals surface area contributed by atoms with Crippen molar-refractivity contribution in [2.75, 3.05) is 17.6 Å². The first kappa shape index (κ1) is 32.2. The summed E-state index contributed by atoms with van der Waals surface area (Å²) < 4.78 is 13.2. The lowest BCUT2D eigenvalue weighted by Crippen LogP contribution is -2.34. The lowest BCUT2D eigenvalue weighted by Gasteiger charge is -2.36. The van der Waals surface area contributed by atoms with E-state index < -0.39 is 6.29 Å². The summed E-state index contributed by atoms with van der Waals surface area (Å²) in [5.41, 5.74) is 6.65. The van der Waals surface area contributed by atoms with Crippen molar-refractivity contribution < 1.29 is 24.2 Å². The fourth-order valence-corrected chi connectivity index (χ4v) is 6.10. The van der Waals surface area contributed by atoms with E-state index in [4.69, 9.17) is 9.47 Å². The molecule has 3 atom stereocenters. The third-order valence-electron chi connectivity index (χ3n) is 7.44. The van der Waals surface area contributed by atoms with E-state index in [0.717, 1.165) is 49.7 Å². The van der Waals surface area contributed by atoms with Crippen LogP contribution in [0.5, 0.6) is 0 Å². The number of ether oxygens (including phenoxy) is 2. The van der Waals surface area contributed by atoms with Gasteiger partial charge < -0.3 is 30.5 Å². The second-order valence-corrected chi connectivity index (χ2v) is 12.0. The minimum atomic E-state index is -0.573. The molecule has 0 saturated carbocycles. The number of carbonyl (C=O) groups is 2. The van der Waals surface area contributed by atoms with Crippen LogP contribution >= 0.6 is 11.8 Å². The lowest BCUT2D eigenvalue weighted by molar-refractivity contribution is -0.245. The number of anilines is 1. The van der Waals surface area contributed by atoms with Gasteiger partial charge in [0.15, 0.2) is 6.29 Å². The van der Waals surface area contributed by atoms with Gasteiger partial charge in [-0.25, -0.2) is 4.79 Å². The van der Waals surface area contributed by atoms with Gasteiger partial charge in [-0.2, -0.15) is 0 Å². The largest absolute Gasteiger partial charge is 0.392 e. The molecule has 1 saturated heterocycles. The van der Waals surface area contributed by atoms with Crippen LogP contribution < -0.4 is 16.0 Å². The van der Waals surface area contributed by atoms with Gasteiger partial charge in [-0.15, -0.1) is 11.8 Å². The second kappa shape index (κ2) is 15.7. The molecule has 0 radical (unpaired) electrons. The first-order chi connectivity index (χ1) is 21.9. The van der Waals surface area contributed by atoms with Gasteiger partial charge in [0.05, 0.1) is 18.8 Å². The Bertz CT molecular complexity index is 1580. The van der Waals surface area contributed by atoms with Crippen LogP contribution in [0.15, 0.2) is 102 Å². The minimum absolute atomic E-state index is 0.00643. The van der Waals surface area contributed by atoms with Gasteiger partial charge in [0.25, 0.3) is 0 Å². The zero-order valence-corrected chi connectivity index (χ0v) is 26.3. The maximum Gasteiger partial charge on any atom is 0.315 e. The Balaban J connectivity index is 1.33. The van der Waals surface area contributed by atoms with E-state index in [1.807, 2.05) is 79.7 Å². The van der Waals surface area contributed by atoms with E-state index in [1.54, 1.807) is 11.8 Å². The lowest BCUT2D eigenvalue weighted by atomic mass is 9.99. The molecule has 1 aliphatic heterocycles. The first-order valence-corrected chi connectivity index (χ1v) is 16.1.